The molecule has 1 fully saturated rings. The quantitative estimate of drug-likeness (QED) is 0.544. The lowest BCUT2D eigenvalue weighted by atomic mass is 10.2. The second-order valence-corrected chi connectivity index (χ2v) is 10.4. The SMILES string of the molecule is CCOc1ccc(C(=O)NC(=S)Nc2ccccc2N2CCN(S(C)(=O)=O)CC2)cc1Br. The van der Waals surface area contributed by atoms with E-state index in [2.05, 4.69) is 31.5 Å². The van der Waals surface area contributed by atoms with E-state index in [1.54, 1.807) is 18.2 Å². The van der Waals surface area contributed by atoms with Gasteiger partial charge in [-0.25, -0.2) is 8.42 Å². The number of piperazine rings is 1. The highest BCUT2D eigenvalue weighted by Crippen LogP contribution is 2.28. The van der Waals surface area contributed by atoms with Gasteiger partial charge in [0.2, 0.25) is 10.0 Å². The number of sulfonamides is 1. The van der Waals surface area contributed by atoms with Gasteiger partial charge in [0, 0.05) is 31.7 Å². The maximum absolute atomic E-state index is 12.6. The summed E-state index contributed by atoms with van der Waals surface area (Å²) >= 11 is 8.76. The Bertz CT molecular complexity index is 1100. The highest BCUT2D eigenvalue weighted by atomic mass is 79.9. The number of carbonyl (C=O) groups is 1. The van der Waals surface area contributed by atoms with Crippen LogP contribution in [-0.2, 0) is 10.0 Å². The van der Waals surface area contributed by atoms with Crippen molar-refractivity contribution in [2.75, 3.05) is 49.3 Å². The largest absolute Gasteiger partial charge is 0.493 e. The van der Waals surface area contributed by atoms with Crippen LogP contribution in [0.5, 0.6) is 5.75 Å². The zero-order valence-corrected chi connectivity index (χ0v) is 21.0. The van der Waals surface area contributed by atoms with Crippen molar-refractivity contribution in [2.24, 2.45) is 0 Å². The van der Waals surface area contributed by atoms with Crippen molar-refractivity contribution in [3.05, 3.63) is 52.5 Å². The van der Waals surface area contributed by atoms with Crippen LogP contribution in [0.2, 0.25) is 0 Å². The number of benzene rings is 2. The van der Waals surface area contributed by atoms with Gasteiger partial charge in [-0.2, -0.15) is 4.31 Å². The first-order valence-electron chi connectivity index (χ1n) is 10.0. The van der Waals surface area contributed by atoms with E-state index >= 15 is 0 Å². The number of carbonyl (C=O) groups excluding carboxylic acids is 1. The lowest BCUT2D eigenvalue weighted by molar-refractivity contribution is 0.0977. The molecule has 0 aromatic heterocycles. The summed E-state index contributed by atoms with van der Waals surface area (Å²) in [5, 5.41) is 5.95. The molecule has 11 heteroatoms. The molecule has 3 rings (SSSR count). The minimum Gasteiger partial charge on any atom is -0.493 e. The standard InChI is InChI=1S/C21H25BrN4O4S2/c1-3-30-19-9-8-15(14-16(19)22)20(27)24-21(31)23-17-6-4-5-7-18(17)25-10-12-26(13-11-25)32(2,28)29/h4-9,14H,3,10-13H2,1-2H3,(H2,23,24,27,31). The first kappa shape index (κ1) is 24.4. The van der Waals surface area contributed by atoms with Crippen LogP contribution in [0.1, 0.15) is 17.3 Å². The van der Waals surface area contributed by atoms with Crippen molar-refractivity contribution < 1.29 is 17.9 Å². The van der Waals surface area contributed by atoms with Gasteiger partial charge in [0.25, 0.3) is 5.91 Å². The summed E-state index contributed by atoms with van der Waals surface area (Å²) in [5.41, 5.74) is 2.06. The third-order valence-electron chi connectivity index (χ3n) is 4.92. The van der Waals surface area contributed by atoms with Crippen LogP contribution in [0.4, 0.5) is 11.4 Å². The number of nitrogens with one attached hydrogen (secondary N) is 2. The van der Waals surface area contributed by atoms with E-state index in [9.17, 15) is 13.2 Å². The molecule has 1 aliphatic heterocycles. The fourth-order valence-corrected chi connectivity index (χ4v) is 4.88. The molecule has 2 aromatic carbocycles. The lowest BCUT2D eigenvalue weighted by Crippen LogP contribution is -2.48. The number of anilines is 2. The van der Waals surface area contributed by atoms with Gasteiger partial charge >= 0.3 is 0 Å². The topological polar surface area (TPSA) is 91.0 Å². The molecular weight excluding hydrogens is 516 g/mol. The van der Waals surface area contributed by atoms with Gasteiger partial charge in [0.05, 0.1) is 28.7 Å². The molecule has 32 heavy (non-hydrogen) atoms. The number of hydrogen-bond donors (Lipinski definition) is 2. The van der Waals surface area contributed by atoms with Crippen LogP contribution < -0.4 is 20.3 Å². The second-order valence-electron chi connectivity index (χ2n) is 7.15. The summed E-state index contributed by atoms with van der Waals surface area (Å²) in [5.74, 6) is 0.320. The molecule has 2 aromatic rings. The van der Waals surface area contributed by atoms with Gasteiger partial charge in [0.1, 0.15) is 5.75 Å². The maximum atomic E-state index is 12.6. The Balaban J connectivity index is 1.65. The molecule has 8 nitrogen and oxygen atoms in total. The lowest BCUT2D eigenvalue weighted by Gasteiger charge is -2.35. The predicted molar refractivity (Wildman–Crippen MR) is 134 cm³/mol. The van der Waals surface area contributed by atoms with Gasteiger partial charge in [-0.15, -0.1) is 0 Å². The van der Waals surface area contributed by atoms with Crippen LogP contribution in [0.3, 0.4) is 0 Å². The second kappa shape index (κ2) is 10.6. The van der Waals surface area contributed by atoms with Crippen molar-refractivity contribution in [2.45, 2.75) is 6.92 Å². The third kappa shape index (κ3) is 6.18. The summed E-state index contributed by atoms with van der Waals surface area (Å²) in [6, 6.07) is 12.7. The van der Waals surface area contributed by atoms with E-state index in [0.29, 0.717) is 48.6 Å². The number of para-hydroxylation sites is 2. The number of nitrogens with zero attached hydrogens (tertiary/aromatic N) is 2. The highest BCUT2D eigenvalue weighted by molar-refractivity contribution is 9.10. The first-order chi connectivity index (χ1) is 15.2. The Morgan fingerprint density at radius 1 is 1.16 bits per heavy atom. The average Bonchev–Trinajstić information content (AvgIpc) is 2.75. The molecular formula is C21H25BrN4O4S2. The molecule has 1 heterocycles. The molecule has 2 N–H and O–H groups in total. The van der Waals surface area contributed by atoms with Crippen LogP contribution in [0.15, 0.2) is 46.9 Å². The molecule has 1 aliphatic rings. The smallest absolute Gasteiger partial charge is 0.257 e. The molecule has 1 amide bonds. The zero-order valence-electron chi connectivity index (χ0n) is 17.8. The minimum atomic E-state index is -3.20. The Kier molecular flexibility index (Phi) is 8.10. The summed E-state index contributed by atoms with van der Waals surface area (Å²) in [6.45, 7) is 4.37. The van der Waals surface area contributed by atoms with E-state index in [1.165, 1.54) is 10.6 Å². The number of amides is 1. The monoisotopic (exact) mass is 540 g/mol. The molecule has 1 saturated heterocycles. The minimum absolute atomic E-state index is 0.169. The molecule has 0 saturated carbocycles. The molecule has 0 spiro atoms. The molecule has 0 radical (unpaired) electrons. The zero-order chi connectivity index (χ0) is 23.3. The normalized spacial score (nSPS) is 14.7. The summed E-state index contributed by atoms with van der Waals surface area (Å²) in [6.07, 6.45) is 1.22. The van der Waals surface area contributed by atoms with Gasteiger partial charge in [-0.3, -0.25) is 10.1 Å². The van der Waals surface area contributed by atoms with Gasteiger partial charge < -0.3 is 15.0 Å². The number of thiocarbonyl (C=S) groups is 1. The third-order valence-corrected chi connectivity index (χ3v) is 7.05. The van der Waals surface area contributed by atoms with E-state index in [0.717, 1.165) is 11.4 Å². The van der Waals surface area contributed by atoms with Crippen LogP contribution in [-0.4, -0.2) is 62.8 Å². The molecule has 0 bridgehead atoms. The van der Waals surface area contributed by atoms with E-state index < -0.39 is 10.0 Å². The van der Waals surface area contributed by atoms with E-state index in [1.807, 2.05) is 31.2 Å². The van der Waals surface area contributed by atoms with Gasteiger partial charge in [-0.1, -0.05) is 12.1 Å². The van der Waals surface area contributed by atoms with Crippen LogP contribution in [0, 0.1) is 0 Å². The van der Waals surface area contributed by atoms with E-state index in [-0.39, 0.29) is 11.0 Å². The Labute approximate surface area is 202 Å². The fraction of sp³-hybridized carbons (Fsp3) is 0.333. The van der Waals surface area contributed by atoms with Crippen molar-refractivity contribution >= 4 is 60.6 Å². The Hall–Kier alpha value is -2.21. The summed E-state index contributed by atoms with van der Waals surface area (Å²) in [4.78, 5) is 14.7. The van der Waals surface area contributed by atoms with Crippen molar-refractivity contribution in [1.82, 2.24) is 9.62 Å². The van der Waals surface area contributed by atoms with Crippen LogP contribution >= 0.6 is 28.1 Å². The molecule has 0 atom stereocenters. The average molecular weight is 541 g/mol. The number of rotatable bonds is 6. The molecule has 172 valence electrons. The maximum Gasteiger partial charge on any atom is 0.257 e. The van der Waals surface area contributed by atoms with Crippen molar-refractivity contribution in [3.8, 4) is 5.75 Å². The van der Waals surface area contributed by atoms with Gasteiger partial charge in [-0.05, 0) is 65.4 Å². The van der Waals surface area contributed by atoms with Crippen molar-refractivity contribution in [1.29, 1.82) is 0 Å². The number of hydrogen-bond acceptors (Lipinski definition) is 6. The summed E-state index contributed by atoms with van der Waals surface area (Å²) in [7, 11) is -3.20. The van der Waals surface area contributed by atoms with Crippen molar-refractivity contribution in [3.63, 3.8) is 0 Å². The first-order valence-corrected chi connectivity index (χ1v) is 13.1. The van der Waals surface area contributed by atoms with Crippen LogP contribution in [0.25, 0.3) is 0 Å². The number of halogens is 1. The number of ether oxygens (including phenoxy) is 1. The van der Waals surface area contributed by atoms with E-state index in [4.69, 9.17) is 17.0 Å². The molecule has 0 unspecified atom stereocenters. The fourth-order valence-electron chi connectivity index (χ4n) is 3.36. The predicted octanol–water partition coefficient (Wildman–Crippen LogP) is 3.06. The Morgan fingerprint density at radius 2 is 1.84 bits per heavy atom. The Morgan fingerprint density at radius 3 is 2.47 bits per heavy atom. The summed E-state index contributed by atoms with van der Waals surface area (Å²) < 4.78 is 31.1. The van der Waals surface area contributed by atoms with Gasteiger partial charge in [0.15, 0.2) is 5.11 Å². The molecule has 0 aliphatic carbocycles. The highest BCUT2D eigenvalue weighted by Gasteiger charge is 2.24.